The molecule has 5 nitrogen and oxygen atoms in total. The van der Waals surface area contributed by atoms with Crippen LogP contribution in [-0.4, -0.2) is 15.0 Å². The summed E-state index contributed by atoms with van der Waals surface area (Å²) < 4.78 is 67.8. The molecule has 0 aliphatic rings. The molecule has 0 atom stereocenters. The predicted octanol–water partition coefficient (Wildman–Crippen LogP) is 12.0. The molecule has 0 bridgehead atoms. The van der Waals surface area contributed by atoms with Gasteiger partial charge in [0.2, 0.25) is 0 Å². The van der Waals surface area contributed by atoms with Crippen molar-refractivity contribution in [2.45, 2.75) is 0 Å². The Kier molecular flexibility index (Phi) is 5.17. The minimum Gasteiger partial charge on any atom is -0.455 e. The summed E-state index contributed by atoms with van der Waals surface area (Å²) in [5.74, 6) is 0.642. The number of rotatable bonds is 5. The van der Waals surface area contributed by atoms with E-state index >= 15 is 0 Å². The summed E-state index contributed by atoms with van der Waals surface area (Å²) in [7, 11) is 0. The van der Waals surface area contributed by atoms with E-state index in [4.69, 9.17) is 27.9 Å². The highest BCUT2D eigenvalue weighted by Crippen LogP contribution is 2.41. The smallest absolute Gasteiger partial charge is 0.164 e. The van der Waals surface area contributed by atoms with Gasteiger partial charge in [-0.05, 0) is 29.3 Å². The number of furan rings is 2. The molecular weight excluding hydrogens is 615 g/mol. The van der Waals surface area contributed by atoms with E-state index in [9.17, 15) is 4.11 Å². The fraction of sp³-hybridized carbons (Fsp3) is 0. The van der Waals surface area contributed by atoms with Crippen molar-refractivity contribution >= 4 is 43.9 Å². The van der Waals surface area contributed by atoms with Crippen LogP contribution in [0.2, 0.25) is 0 Å². The monoisotopic (exact) mass is 647 g/mol. The molecule has 0 radical (unpaired) electrons. The number of hydrogen-bond acceptors (Lipinski definition) is 5. The average Bonchev–Trinajstić information content (AvgIpc) is 3.83. The summed E-state index contributed by atoms with van der Waals surface area (Å²) >= 11 is 0. The molecule has 50 heavy (non-hydrogen) atoms. The second-order valence-electron chi connectivity index (χ2n) is 11.9. The van der Waals surface area contributed by atoms with E-state index in [-0.39, 0.29) is 75.1 Å². The molecule has 0 saturated heterocycles. The lowest BCUT2D eigenvalue weighted by Gasteiger charge is -2.09. The van der Waals surface area contributed by atoms with Gasteiger partial charge in [0.05, 0.1) is 8.22 Å². The van der Waals surface area contributed by atoms with Crippen molar-refractivity contribution in [3.8, 4) is 56.4 Å². The maximum atomic E-state index is 9.51. The molecule has 0 saturated carbocycles. The zero-order valence-electron chi connectivity index (χ0n) is 32.3. The number of benzene rings is 7. The van der Waals surface area contributed by atoms with E-state index in [1.807, 2.05) is 121 Å². The zero-order chi connectivity index (χ0) is 38.2. The molecule has 3 aromatic heterocycles. The maximum Gasteiger partial charge on any atom is 0.164 e. The lowest BCUT2D eigenvalue weighted by atomic mass is 10.00. The van der Waals surface area contributed by atoms with Gasteiger partial charge in [0.1, 0.15) is 22.3 Å². The van der Waals surface area contributed by atoms with Crippen LogP contribution in [0.3, 0.4) is 0 Å². The van der Waals surface area contributed by atoms with Crippen LogP contribution < -0.4 is 0 Å². The highest BCUT2D eigenvalue weighted by Gasteiger charge is 2.19. The number of fused-ring (bicyclic) bond motifs is 6. The van der Waals surface area contributed by atoms with Crippen LogP contribution in [0.1, 0.15) is 8.22 Å². The molecule has 0 aliphatic carbocycles. The molecule has 10 aromatic rings. The number of para-hydroxylation sites is 3. The first-order valence-corrected chi connectivity index (χ1v) is 16.1. The minimum absolute atomic E-state index is 0.00701. The van der Waals surface area contributed by atoms with E-state index in [2.05, 4.69) is 0 Å². The summed E-state index contributed by atoms with van der Waals surface area (Å²) in [5.41, 5.74) is 5.17. The quantitative estimate of drug-likeness (QED) is 0.186. The van der Waals surface area contributed by atoms with Crippen molar-refractivity contribution in [3.05, 3.63) is 164 Å². The molecule has 10 rings (SSSR count). The van der Waals surface area contributed by atoms with Crippen LogP contribution in [-0.2, 0) is 0 Å². The molecule has 0 fully saturated rings. The number of hydrogen-bond donors (Lipinski definition) is 0. The van der Waals surface area contributed by atoms with Gasteiger partial charge >= 0.3 is 0 Å². The van der Waals surface area contributed by atoms with Gasteiger partial charge < -0.3 is 8.83 Å². The molecule has 0 amide bonds. The minimum atomic E-state index is -0.377. The third-order valence-electron chi connectivity index (χ3n) is 8.88. The van der Waals surface area contributed by atoms with Crippen molar-refractivity contribution < 1.29 is 17.1 Å². The SMILES string of the molecule is [2H]c1c([2H])c([2H])c2c(oc3c([2H])c(-c4nc(-c5ccccc5)nc(-c5ccc(-c6ccccc6)cc5)n4)c([2H])c([2H])c32)c1-c1cccc2c1oc1ccccc12. The van der Waals surface area contributed by atoms with Crippen LogP contribution in [0.4, 0.5) is 0 Å². The topological polar surface area (TPSA) is 65.0 Å². The van der Waals surface area contributed by atoms with Crippen LogP contribution in [0.15, 0.2) is 172 Å². The van der Waals surface area contributed by atoms with Gasteiger partial charge in [-0.15, -0.1) is 0 Å². The van der Waals surface area contributed by atoms with Gasteiger partial charge in [0.15, 0.2) is 17.5 Å². The first-order valence-electron chi connectivity index (χ1n) is 19.1. The highest BCUT2D eigenvalue weighted by atomic mass is 16.3. The molecule has 234 valence electrons. The molecule has 0 N–H and O–H groups in total. The summed E-state index contributed by atoms with van der Waals surface area (Å²) in [5, 5.41) is 1.78. The lowest BCUT2D eigenvalue weighted by Crippen LogP contribution is -2.00. The van der Waals surface area contributed by atoms with Crippen molar-refractivity contribution in [1.82, 2.24) is 15.0 Å². The van der Waals surface area contributed by atoms with Crippen LogP contribution in [0.5, 0.6) is 0 Å². The molecule has 7 aromatic carbocycles. The molecule has 5 heteroatoms. The summed E-state index contributed by atoms with van der Waals surface area (Å²) in [4.78, 5) is 14.4. The van der Waals surface area contributed by atoms with E-state index in [0.717, 1.165) is 21.9 Å². The van der Waals surface area contributed by atoms with Crippen LogP contribution >= 0.6 is 0 Å². The summed E-state index contributed by atoms with van der Waals surface area (Å²) in [6.07, 6.45) is 0. The predicted molar refractivity (Wildman–Crippen MR) is 202 cm³/mol. The Morgan fingerprint density at radius 3 is 1.74 bits per heavy atom. The third-order valence-corrected chi connectivity index (χ3v) is 8.88. The molecule has 0 unspecified atom stereocenters. The van der Waals surface area contributed by atoms with Gasteiger partial charge in [0, 0.05) is 49.4 Å². The lowest BCUT2D eigenvalue weighted by molar-refractivity contribution is 0.665. The average molecular weight is 648 g/mol. The molecular formula is C45H27N3O2. The van der Waals surface area contributed by atoms with Gasteiger partial charge in [0.25, 0.3) is 0 Å². The second-order valence-corrected chi connectivity index (χ2v) is 11.9. The first-order chi connectivity index (χ1) is 27.3. The summed E-state index contributed by atoms with van der Waals surface area (Å²) in [6.45, 7) is 0. The first kappa shape index (κ1) is 22.7. The normalized spacial score (nSPS) is 13.3. The summed E-state index contributed by atoms with van der Waals surface area (Å²) in [6, 6.07) is 38.3. The van der Waals surface area contributed by atoms with E-state index < -0.39 is 0 Å². The maximum absolute atomic E-state index is 9.51. The van der Waals surface area contributed by atoms with Gasteiger partial charge in [-0.3, -0.25) is 0 Å². The van der Waals surface area contributed by atoms with Crippen molar-refractivity contribution in [3.63, 3.8) is 0 Å². The standard InChI is InChI=1S/C45H27N3O2/c1-3-11-28(12-4-1)29-21-23-31(24-22-29)44-46-43(30-13-5-2-6-14-30)47-45(48-44)32-25-26-34-36-17-10-19-38(42(36)50-40(34)27-32)37-18-9-16-35-33-15-7-8-20-39(33)49-41(35)37/h1-27H/i10D,17D,19D,25D,26D,27D. The Labute approximate surface area is 295 Å². The second kappa shape index (κ2) is 11.4. The van der Waals surface area contributed by atoms with Gasteiger partial charge in [-0.1, -0.05) is 145 Å². The van der Waals surface area contributed by atoms with Gasteiger partial charge in [-0.25, -0.2) is 15.0 Å². The molecule has 0 aliphatic heterocycles. The Balaban J connectivity index is 1.22. The van der Waals surface area contributed by atoms with Crippen molar-refractivity contribution in [1.29, 1.82) is 0 Å². The van der Waals surface area contributed by atoms with E-state index in [1.165, 1.54) is 0 Å². The number of nitrogens with zero attached hydrogens (tertiary/aromatic N) is 3. The zero-order valence-corrected chi connectivity index (χ0v) is 26.3. The van der Waals surface area contributed by atoms with E-state index in [1.54, 1.807) is 6.07 Å². The Hall–Kier alpha value is -6.85. The Morgan fingerprint density at radius 2 is 0.960 bits per heavy atom. The molecule has 0 spiro atoms. The largest absolute Gasteiger partial charge is 0.455 e. The van der Waals surface area contributed by atoms with E-state index in [0.29, 0.717) is 39.5 Å². The highest BCUT2D eigenvalue weighted by molar-refractivity contribution is 6.15. The van der Waals surface area contributed by atoms with Crippen LogP contribution in [0, 0.1) is 0 Å². The fourth-order valence-electron chi connectivity index (χ4n) is 6.44. The van der Waals surface area contributed by atoms with Crippen molar-refractivity contribution in [2.75, 3.05) is 0 Å². The van der Waals surface area contributed by atoms with Crippen LogP contribution in [0.25, 0.3) is 100 Å². The van der Waals surface area contributed by atoms with Gasteiger partial charge in [-0.2, -0.15) is 0 Å². The third kappa shape index (κ3) is 4.67. The Bertz CT molecular complexity index is 3200. The molecule has 3 heterocycles. The fourth-order valence-corrected chi connectivity index (χ4v) is 6.44. The Morgan fingerprint density at radius 1 is 0.380 bits per heavy atom. The van der Waals surface area contributed by atoms with Crippen molar-refractivity contribution in [2.24, 2.45) is 0 Å². The number of aromatic nitrogens is 3.